The van der Waals surface area contributed by atoms with E-state index in [1.54, 1.807) is 0 Å². The van der Waals surface area contributed by atoms with Crippen LogP contribution in [0, 0.1) is 0 Å². The molecular weight excluding hydrogens is 140 g/mol. The molecule has 0 aromatic rings. The first-order valence-corrected chi connectivity index (χ1v) is 2.52. The molecule has 0 spiro atoms. The van der Waals surface area contributed by atoms with Crippen molar-refractivity contribution in [2.75, 3.05) is 6.67 Å². The minimum absolute atomic E-state index is 1.06. The highest BCUT2D eigenvalue weighted by Crippen LogP contribution is 2.22. The van der Waals surface area contributed by atoms with Crippen LogP contribution in [0.3, 0.4) is 0 Å². The van der Waals surface area contributed by atoms with Crippen LogP contribution in [0.25, 0.3) is 0 Å². The van der Waals surface area contributed by atoms with Gasteiger partial charge in [0.15, 0.2) is 6.67 Å². The highest BCUT2D eigenvalue weighted by atomic mass is 35.5. The number of rotatable bonds is 2. The van der Waals surface area contributed by atoms with Gasteiger partial charge in [0.05, 0.1) is 5.38 Å². The van der Waals surface area contributed by atoms with Crippen molar-refractivity contribution < 1.29 is 13.2 Å². The molecule has 0 amide bonds. The molecule has 0 N–H and O–H groups in total. The summed E-state index contributed by atoms with van der Waals surface area (Å²) in [7, 11) is 0. The second-order valence-corrected chi connectivity index (χ2v) is 2.17. The normalized spacial score (nSPS) is 16.1. The monoisotopic (exact) mass is 146 g/mol. The Balaban J connectivity index is 3.71. The number of hydrogen-bond acceptors (Lipinski definition) is 0. The number of halogens is 4. The molecule has 1 unspecified atom stereocenters. The summed E-state index contributed by atoms with van der Waals surface area (Å²) in [4.78, 5) is 0. The van der Waals surface area contributed by atoms with Gasteiger partial charge < -0.3 is 0 Å². The summed E-state index contributed by atoms with van der Waals surface area (Å²) in [6.07, 6.45) is 0. The molecule has 0 aromatic carbocycles. The van der Waals surface area contributed by atoms with Crippen LogP contribution >= 0.6 is 11.6 Å². The molecule has 1 atom stereocenters. The fourth-order valence-electron chi connectivity index (χ4n) is 0.106. The van der Waals surface area contributed by atoms with Gasteiger partial charge in [-0.2, -0.15) is 0 Å². The summed E-state index contributed by atoms with van der Waals surface area (Å²) in [5.41, 5.74) is 0. The van der Waals surface area contributed by atoms with Crippen molar-refractivity contribution in [3.63, 3.8) is 0 Å². The summed E-state index contributed by atoms with van der Waals surface area (Å²) in [5, 5.41) is -1.42. The maximum absolute atomic E-state index is 11.8. The molecule has 0 saturated carbocycles. The van der Waals surface area contributed by atoms with Gasteiger partial charge in [-0.25, -0.2) is 13.2 Å². The SMILES string of the molecule is CC(Cl)C(F)(F)CF. The maximum atomic E-state index is 11.8. The molecule has 0 rings (SSSR count). The van der Waals surface area contributed by atoms with Crippen LogP contribution < -0.4 is 0 Å². The predicted octanol–water partition coefficient (Wildman–Crippen LogP) is 2.22. The van der Waals surface area contributed by atoms with E-state index >= 15 is 0 Å². The molecule has 0 radical (unpaired) electrons. The molecule has 0 aliphatic carbocycles. The lowest BCUT2D eigenvalue weighted by molar-refractivity contribution is -0.0218. The van der Waals surface area contributed by atoms with E-state index in [1.165, 1.54) is 0 Å². The van der Waals surface area contributed by atoms with Gasteiger partial charge in [0, 0.05) is 0 Å². The van der Waals surface area contributed by atoms with Gasteiger partial charge in [-0.3, -0.25) is 0 Å². The number of hydrogen-bond donors (Lipinski definition) is 0. The van der Waals surface area contributed by atoms with Crippen molar-refractivity contribution in [1.29, 1.82) is 0 Å². The van der Waals surface area contributed by atoms with Crippen LogP contribution in [-0.2, 0) is 0 Å². The molecule has 0 aliphatic heterocycles. The summed E-state index contributed by atoms with van der Waals surface area (Å²) >= 11 is 4.88. The van der Waals surface area contributed by atoms with Crippen LogP contribution in [0.2, 0.25) is 0 Å². The molecule has 0 fully saturated rings. The average Bonchev–Trinajstić information content (AvgIpc) is 1.67. The van der Waals surface area contributed by atoms with Crippen molar-refractivity contribution in [3.05, 3.63) is 0 Å². The lowest BCUT2D eigenvalue weighted by atomic mass is 10.3. The van der Waals surface area contributed by atoms with E-state index in [1.807, 2.05) is 0 Å². The molecule has 8 heavy (non-hydrogen) atoms. The molecule has 50 valence electrons. The van der Waals surface area contributed by atoms with Crippen LogP contribution in [0.5, 0.6) is 0 Å². The largest absolute Gasteiger partial charge is 0.291 e. The van der Waals surface area contributed by atoms with Crippen molar-refractivity contribution in [1.82, 2.24) is 0 Å². The van der Waals surface area contributed by atoms with Crippen LogP contribution in [0.15, 0.2) is 0 Å². The molecule has 0 saturated heterocycles. The summed E-state index contributed by atoms with van der Waals surface area (Å²) in [6, 6.07) is 0. The zero-order chi connectivity index (χ0) is 6.78. The molecule has 0 aliphatic rings. The van der Waals surface area contributed by atoms with E-state index in [2.05, 4.69) is 0 Å². The highest BCUT2D eigenvalue weighted by molar-refractivity contribution is 6.21. The standard InChI is InChI=1S/C4H6ClF3/c1-3(5)4(7,8)2-6/h3H,2H2,1H3. The van der Waals surface area contributed by atoms with E-state index < -0.39 is 18.0 Å². The van der Waals surface area contributed by atoms with Gasteiger partial charge in [-0.05, 0) is 6.92 Å². The lowest BCUT2D eigenvalue weighted by Gasteiger charge is -2.12. The molecule has 0 nitrogen and oxygen atoms in total. The summed E-state index contributed by atoms with van der Waals surface area (Å²) in [5.74, 6) is -3.36. The Morgan fingerprint density at radius 3 is 2.00 bits per heavy atom. The van der Waals surface area contributed by atoms with E-state index in [0.717, 1.165) is 6.92 Å². The Bertz CT molecular complexity index is 71.7. The smallest absolute Gasteiger partial charge is 0.244 e. The Morgan fingerprint density at radius 2 is 2.00 bits per heavy atom. The quantitative estimate of drug-likeness (QED) is 0.524. The van der Waals surface area contributed by atoms with Crippen molar-refractivity contribution in [2.45, 2.75) is 18.2 Å². The zero-order valence-corrected chi connectivity index (χ0v) is 5.05. The Morgan fingerprint density at radius 1 is 1.62 bits per heavy atom. The second kappa shape index (κ2) is 2.58. The minimum Gasteiger partial charge on any atom is -0.244 e. The average molecular weight is 147 g/mol. The van der Waals surface area contributed by atoms with E-state index in [4.69, 9.17) is 11.6 Å². The maximum Gasteiger partial charge on any atom is 0.291 e. The Kier molecular flexibility index (Phi) is 2.60. The van der Waals surface area contributed by atoms with Crippen molar-refractivity contribution in [2.24, 2.45) is 0 Å². The fourth-order valence-corrected chi connectivity index (χ4v) is 0.165. The third kappa shape index (κ3) is 1.90. The first kappa shape index (κ1) is 8.08. The van der Waals surface area contributed by atoms with Gasteiger partial charge in [-0.15, -0.1) is 11.6 Å². The molecule has 0 aromatic heterocycles. The molecule has 0 heterocycles. The van der Waals surface area contributed by atoms with Crippen LogP contribution in [0.1, 0.15) is 6.92 Å². The van der Waals surface area contributed by atoms with Crippen LogP contribution in [-0.4, -0.2) is 18.0 Å². The highest BCUT2D eigenvalue weighted by Gasteiger charge is 2.34. The first-order valence-electron chi connectivity index (χ1n) is 2.08. The van der Waals surface area contributed by atoms with Gasteiger partial charge >= 0.3 is 0 Å². The van der Waals surface area contributed by atoms with Gasteiger partial charge in [0.1, 0.15) is 0 Å². The summed E-state index contributed by atoms with van der Waals surface area (Å²) in [6.45, 7) is -0.626. The molecular formula is C4H6ClF3. The van der Waals surface area contributed by atoms with Crippen molar-refractivity contribution in [3.8, 4) is 0 Å². The van der Waals surface area contributed by atoms with E-state index in [9.17, 15) is 13.2 Å². The lowest BCUT2D eigenvalue weighted by Crippen LogP contribution is -2.28. The topological polar surface area (TPSA) is 0 Å². The number of alkyl halides is 4. The molecule has 4 heteroatoms. The fraction of sp³-hybridized carbons (Fsp3) is 1.00. The van der Waals surface area contributed by atoms with E-state index in [-0.39, 0.29) is 0 Å². The molecule has 0 bridgehead atoms. The van der Waals surface area contributed by atoms with Gasteiger partial charge in [-0.1, -0.05) is 0 Å². The minimum atomic E-state index is -3.36. The summed E-state index contributed by atoms with van der Waals surface area (Å²) < 4.78 is 34.7. The van der Waals surface area contributed by atoms with Gasteiger partial charge in [0.2, 0.25) is 0 Å². The Hall–Kier alpha value is 0.0800. The van der Waals surface area contributed by atoms with Gasteiger partial charge in [0.25, 0.3) is 5.92 Å². The Labute approximate surface area is 50.6 Å². The predicted molar refractivity (Wildman–Crippen MR) is 26.2 cm³/mol. The third-order valence-corrected chi connectivity index (χ3v) is 1.08. The van der Waals surface area contributed by atoms with Crippen molar-refractivity contribution >= 4 is 11.6 Å². The third-order valence-electron chi connectivity index (χ3n) is 0.760. The van der Waals surface area contributed by atoms with Crippen LogP contribution in [0.4, 0.5) is 13.2 Å². The second-order valence-electron chi connectivity index (χ2n) is 1.51. The first-order chi connectivity index (χ1) is 3.50. The zero-order valence-electron chi connectivity index (χ0n) is 4.30. The van der Waals surface area contributed by atoms with E-state index in [0.29, 0.717) is 0 Å².